The lowest BCUT2D eigenvalue weighted by molar-refractivity contribution is -0.146. The van der Waals surface area contributed by atoms with Crippen molar-refractivity contribution in [2.45, 2.75) is 45.4 Å². The molecule has 0 saturated carbocycles. The van der Waals surface area contributed by atoms with Crippen molar-refractivity contribution in [2.24, 2.45) is 11.3 Å². The SMILES string of the molecule is CCCC1(C(=O)N2CCC(CO)CC2)CCNCC1. The highest BCUT2D eigenvalue weighted by Crippen LogP contribution is 2.37. The Labute approximate surface area is 116 Å². The fourth-order valence-corrected chi connectivity index (χ4v) is 3.61. The van der Waals surface area contributed by atoms with Crippen LogP contribution in [-0.4, -0.2) is 48.7 Å². The third kappa shape index (κ3) is 3.29. The third-order valence-electron chi connectivity index (χ3n) is 4.90. The summed E-state index contributed by atoms with van der Waals surface area (Å²) in [5.41, 5.74) is -0.105. The lowest BCUT2D eigenvalue weighted by Crippen LogP contribution is -2.51. The summed E-state index contributed by atoms with van der Waals surface area (Å²) in [4.78, 5) is 15.0. The van der Waals surface area contributed by atoms with Crippen LogP contribution in [0, 0.1) is 11.3 Å². The lowest BCUT2D eigenvalue weighted by atomic mass is 9.74. The first-order valence-corrected chi connectivity index (χ1v) is 7.83. The number of hydrogen-bond donors (Lipinski definition) is 2. The molecule has 0 unspecified atom stereocenters. The Balaban J connectivity index is 1.99. The van der Waals surface area contributed by atoms with Crippen LogP contribution in [0.3, 0.4) is 0 Å². The second-order valence-electron chi connectivity index (χ2n) is 6.20. The molecule has 2 aliphatic rings. The average Bonchev–Trinajstić information content (AvgIpc) is 2.48. The van der Waals surface area contributed by atoms with Gasteiger partial charge < -0.3 is 15.3 Å². The van der Waals surface area contributed by atoms with Crippen LogP contribution in [0.1, 0.15) is 45.4 Å². The molecule has 0 bridgehead atoms. The van der Waals surface area contributed by atoms with E-state index in [1.807, 2.05) is 0 Å². The zero-order valence-corrected chi connectivity index (χ0v) is 12.2. The van der Waals surface area contributed by atoms with Crippen LogP contribution in [0.25, 0.3) is 0 Å². The van der Waals surface area contributed by atoms with Gasteiger partial charge in [0, 0.05) is 19.7 Å². The van der Waals surface area contributed by atoms with Crippen LogP contribution < -0.4 is 5.32 Å². The average molecular weight is 268 g/mol. The lowest BCUT2D eigenvalue weighted by Gasteiger charge is -2.42. The molecule has 110 valence electrons. The number of aliphatic hydroxyl groups excluding tert-OH is 1. The summed E-state index contributed by atoms with van der Waals surface area (Å²) in [6, 6.07) is 0. The summed E-state index contributed by atoms with van der Waals surface area (Å²) in [5, 5.41) is 12.6. The highest BCUT2D eigenvalue weighted by molar-refractivity contribution is 5.83. The number of piperidine rings is 2. The molecule has 2 fully saturated rings. The Hall–Kier alpha value is -0.610. The van der Waals surface area contributed by atoms with E-state index < -0.39 is 0 Å². The summed E-state index contributed by atoms with van der Waals surface area (Å²) in [6.45, 7) is 6.06. The summed E-state index contributed by atoms with van der Waals surface area (Å²) < 4.78 is 0. The number of rotatable bonds is 4. The van der Waals surface area contributed by atoms with Gasteiger partial charge in [0.05, 0.1) is 5.41 Å². The minimum absolute atomic E-state index is 0.105. The first-order valence-electron chi connectivity index (χ1n) is 7.83. The van der Waals surface area contributed by atoms with Gasteiger partial charge in [0.15, 0.2) is 0 Å². The molecule has 4 heteroatoms. The zero-order chi connectivity index (χ0) is 13.7. The second kappa shape index (κ2) is 6.71. The largest absolute Gasteiger partial charge is 0.396 e. The molecule has 19 heavy (non-hydrogen) atoms. The predicted molar refractivity (Wildman–Crippen MR) is 75.8 cm³/mol. The van der Waals surface area contributed by atoms with Crippen LogP contribution in [0.2, 0.25) is 0 Å². The molecule has 2 rings (SSSR count). The minimum atomic E-state index is -0.105. The van der Waals surface area contributed by atoms with Crippen LogP contribution in [0.15, 0.2) is 0 Å². The Bertz CT molecular complexity index is 287. The van der Waals surface area contributed by atoms with Gasteiger partial charge in [0.1, 0.15) is 0 Å². The first-order chi connectivity index (χ1) is 9.22. The van der Waals surface area contributed by atoms with Gasteiger partial charge in [0.2, 0.25) is 5.91 Å². The maximum atomic E-state index is 12.9. The number of carbonyl (C=O) groups excluding carboxylic acids is 1. The fraction of sp³-hybridized carbons (Fsp3) is 0.933. The van der Waals surface area contributed by atoms with E-state index >= 15 is 0 Å². The molecular formula is C15H28N2O2. The van der Waals surface area contributed by atoms with Gasteiger partial charge in [-0.25, -0.2) is 0 Å². The summed E-state index contributed by atoms with van der Waals surface area (Å²) in [5.74, 6) is 0.784. The first kappa shape index (κ1) is 14.8. The summed E-state index contributed by atoms with van der Waals surface area (Å²) in [6.07, 6.45) is 6.00. The van der Waals surface area contributed by atoms with E-state index in [-0.39, 0.29) is 12.0 Å². The topological polar surface area (TPSA) is 52.6 Å². The molecule has 2 N–H and O–H groups in total. The van der Waals surface area contributed by atoms with Crippen LogP contribution in [0.4, 0.5) is 0 Å². The quantitative estimate of drug-likeness (QED) is 0.810. The van der Waals surface area contributed by atoms with Crippen LogP contribution in [-0.2, 0) is 4.79 Å². The molecule has 0 spiro atoms. The molecule has 2 saturated heterocycles. The summed E-state index contributed by atoms with van der Waals surface area (Å²) >= 11 is 0. The van der Waals surface area contributed by atoms with Gasteiger partial charge in [-0.15, -0.1) is 0 Å². The Morgan fingerprint density at radius 2 is 1.95 bits per heavy atom. The predicted octanol–water partition coefficient (Wildman–Crippen LogP) is 1.39. The Morgan fingerprint density at radius 1 is 1.32 bits per heavy atom. The highest BCUT2D eigenvalue weighted by Gasteiger charge is 2.41. The Morgan fingerprint density at radius 3 is 2.47 bits per heavy atom. The smallest absolute Gasteiger partial charge is 0.228 e. The zero-order valence-electron chi connectivity index (χ0n) is 12.2. The number of likely N-dealkylation sites (tertiary alicyclic amines) is 1. The number of hydrogen-bond acceptors (Lipinski definition) is 3. The van der Waals surface area contributed by atoms with Gasteiger partial charge in [-0.3, -0.25) is 4.79 Å². The normalized spacial score (nSPS) is 24.4. The van der Waals surface area contributed by atoms with Crippen molar-refractivity contribution in [3.63, 3.8) is 0 Å². The number of nitrogens with zero attached hydrogens (tertiary/aromatic N) is 1. The molecule has 0 aromatic carbocycles. The van der Waals surface area contributed by atoms with E-state index in [0.29, 0.717) is 11.8 Å². The highest BCUT2D eigenvalue weighted by atomic mass is 16.3. The van der Waals surface area contributed by atoms with Gasteiger partial charge >= 0.3 is 0 Å². The van der Waals surface area contributed by atoms with E-state index in [9.17, 15) is 9.90 Å². The minimum Gasteiger partial charge on any atom is -0.396 e. The van der Waals surface area contributed by atoms with Crippen molar-refractivity contribution in [1.82, 2.24) is 10.2 Å². The summed E-state index contributed by atoms with van der Waals surface area (Å²) in [7, 11) is 0. The number of amides is 1. The maximum Gasteiger partial charge on any atom is 0.228 e. The van der Waals surface area contributed by atoms with Gasteiger partial charge in [-0.1, -0.05) is 13.3 Å². The van der Waals surface area contributed by atoms with Crippen molar-refractivity contribution in [3.05, 3.63) is 0 Å². The molecule has 0 atom stereocenters. The molecule has 1 amide bonds. The van der Waals surface area contributed by atoms with Crippen molar-refractivity contribution in [3.8, 4) is 0 Å². The van der Waals surface area contributed by atoms with Crippen molar-refractivity contribution in [1.29, 1.82) is 0 Å². The van der Waals surface area contributed by atoms with E-state index in [2.05, 4.69) is 17.1 Å². The standard InChI is InChI=1S/C15H28N2O2/c1-2-5-15(6-8-16-9-7-15)14(19)17-10-3-13(12-18)4-11-17/h13,16,18H,2-12H2,1H3. The Kier molecular flexibility index (Phi) is 5.22. The van der Waals surface area contributed by atoms with E-state index in [4.69, 9.17) is 0 Å². The van der Waals surface area contributed by atoms with Crippen molar-refractivity contribution >= 4 is 5.91 Å². The number of carbonyl (C=O) groups is 1. The molecule has 0 aliphatic carbocycles. The molecule has 2 heterocycles. The molecule has 0 aromatic rings. The molecule has 2 aliphatic heterocycles. The molecule has 4 nitrogen and oxygen atoms in total. The van der Waals surface area contributed by atoms with E-state index in [1.165, 1.54) is 0 Å². The van der Waals surface area contributed by atoms with Crippen LogP contribution >= 0.6 is 0 Å². The van der Waals surface area contributed by atoms with Crippen LogP contribution in [0.5, 0.6) is 0 Å². The maximum absolute atomic E-state index is 12.9. The van der Waals surface area contributed by atoms with Crippen molar-refractivity contribution in [2.75, 3.05) is 32.8 Å². The molecule has 0 aromatic heterocycles. The monoisotopic (exact) mass is 268 g/mol. The van der Waals surface area contributed by atoms with Crippen molar-refractivity contribution < 1.29 is 9.90 Å². The van der Waals surface area contributed by atoms with Gasteiger partial charge in [-0.2, -0.15) is 0 Å². The van der Waals surface area contributed by atoms with E-state index in [0.717, 1.165) is 64.7 Å². The fourth-order valence-electron chi connectivity index (χ4n) is 3.61. The number of nitrogens with one attached hydrogen (secondary N) is 1. The molecule has 0 radical (unpaired) electrons. The van der Waals surface area contributed by atoms with E-state index in [1.54, 1.807) is 0 Å². The molecular weight excluding hydrogens is 240 g/mol. The second-order valence-corrected chi connectivity index (χ2v) is 6.20. The number of aliphatic hydroxyl groups is 1. The van der Waals surface area contributed by atoms with Gasteiger partial charge in [-0.05, 0) is 51.1 Å². The van der Waals surface area contributed by atoms with Gasteiger partial charge in [0.25, 0.3) is 0 Å². The third-order valence-corrected chi connectivity index (χ3v) is 4.90.